The summed E-state index contributed by atoms with van der Waals surface area (Å²) in [6.07, 6.45) is 2.46. The van der Waals surface area contributed by atoms with Gasteiger partial charge in [0.2, 0.25) is 5.91 Å². The van der Waals surface area contributed by atoms with Crippen LogP contribution in [0.1, 0.15) is 26.2 Å². The van der Waals surface area contributed by atoms with Gasteiger partial charge in [-0.1, -0.05) is 0 Å². The lowest BCUT2D eigenvalue weighted by Crippen LogP contribution is -2.63. The molecule has 5 heteroatoms. The molecular formula is C14H24N2O3. The van der Waals surface area contributed by atoms with E-state index in [2.05, 4.69) is 5.32 Å². The molecule has 19 heavy (non-hydrogen) atoms. The second-order valence-electron chi connectivity index (χ2n) is 6.11. The Labute approximate surface area is 114 Å². The first kappa shape index (κ1) is 13.3. The van der Waals surface area contributed by atoms with Crippen molar-refractivity contribution in [2.45, 2.75) is 38.4 Å². The lowest BCUT2D eigenvalue weighted by Gasteiger charge is -2.56. The van der Waals surface area contributed by atoms with Gasteiger partial charge in [0, 0.05) is 44.6 Å². The Bertz CT molecular complexity index is 347. The average molecular weight is 268 g/mol. The Hall–Kier alpha value is -0.650. The molecule has 2 unspecified atom stereocenters. The summed E-state index contributed by atoms with van der Waals surface area (Å²) in [7, 11) is 0. The number of aliphatic hydroxyl groups excluding tert-OH is 1. The maximum absolute atomic E-state index is 12.2. The number of nitrogens with zero attached hydrogens (tertiary/aromatic N) is 1. The Morgan fingerprint density at radius 3 is 2.58 bits per heavy atom. The first-order valence-corrected chi connectivity index (χ1v) is 7.46. The zero-order valence-electron chi connectivity index (χ0n) is 11.6. The van der Waals surface area contributed by atoms with E-state index < -0.39 is 0 Å². The maximum atomic E-state index is 12.2. The number of hydrogen-bond acceptors (Lipinski definition) is 4. The van der Waals surface area contributed by atoms with E-state index in [1.807, 2.05) is 11.8 Å². The number of hydrogen-bond donors (Lipinski definition) is 2. The highest BCUT2D eigenvalue weighted by molar-refractivity contribution is 5.80. The lowest BCUT2D eigenvalue weighted by atomic mass is 9.58. The number of carbonyl (C=O) groups excluding carboxylic acids is 1. The van der Waals surface area contributed by atoms with Gasteiger partial charge in [-0.05, 0) is 19.8 Å². The lowest BCUT2D eigenvalue weighted by molar-refractivity contribution is -0.210. The summed E-state index contributed by atoms with van der Waals surface area (Å²) >= 11 is 0. The van der Waals surface area contributed by atoms with Crippen LogP contribution < -0.4 is 5.32 Å². The molecule has 1 aliphatic carbocycles. The summed E-state index contributed by atoms with van der Waals surface area (Å²) in [6.45, 7) is 5.90. The number of amides is 1. The van der Waals surface area contributed by atoms with E-state index >= 15 is 0 Å². The molecule has 2 heterocycles. The molecule has 3 rings (SSSR count). The van der Waals surface area contributed by atoms with Crippen LogP contribution in [-0.4, -0.2) is 60.9 Å². The normalized spacial score (nSPS) is 33.9. The summed E-state index contributed by atoms with van der Waals surface area (Å²) in [6, 6.07) is 0. The van der Waals surface area contributed by atoms with E-state index in [1.54, 1.807) is 0 Å². The number of nitrogens with one attached hydrogen (secondary N) is 1. The molecule has 1 amide bonds. The van der Waals surface area contributed by atoms with Gasteiger partial charge < -0.3 is 20.1 Å². The average Bonchev–Trinajstić information content (AvgIpc) is 2.37. The van der Waals surface area contributed by atoms with E-state index in [0.717, 1.165) is 45.4 Å². The minimum atomic E-state index is -0.244. The molecule has 0 bridgehead atoms. The van der Waals surface area contributed by atoms with Gasteiger partial charge in [0.15, 0.2) is 0 Å². The van der Waals surface area contributed by atoms with E-state index in [4.69, 9.17) is 4.74 Å². The molecular weight excluding hydrogens is 244 g/mol. The van der Waals surface area contributed by atoms with Gasteiger partial charge in [0.25, 0.3) is 0 Å². The molecule has 0 aromatic heterocycles. The van der Waals surface area contributed by atoms with Gasteiger partial charge in [0.1, 0.15) is 0 Å². The number of rotatable bonds is 3. The van der Waals surface area contributed by atoms with Crippen LogP contribution in [0.25, 0.3) is 0 Å². The van der Waals surface area contributed by atoms with E-state index in [-0.39, 0.29) is 29.4 Å². The third-order valence-electron chi connectivity index (χ3n) is 5.25. The van der Waals surface area contributed by atoms with Crippen molar-refractivity contribution >= 4 is 5.91 Å². The first-order chi connectivity index (χ1) is 9.17. The smallest absolute Gasteiger partial charge is 0.228 e. The molecule has 3 fully saturated rings. The maximum Gasteiger partial charge on any atom is 0.228 e. The highest BCUT2D eigenvalue weighted by Crippen LogP contribution is 2.51. The second-order valence-corrected chi connectivity index (χ2v) is 6.11. The highest BCUT2D eigenvalue weighted by Gasteiger charge is 2.56. The number of likely N-dealkylation sites (tertiary alicyclic amines) is 1. The SMILES string of the molecule is CCOC1CC(O)C12CCN(C(=O)C1CNC1)CC2. The molecule has 0 radical (unpaired) electrons. The van der Waals surface area contributed by atoms with Crippen LogP contribution in [0.2, 0.25) is 0 Å². The van der Waals surface area contributed by atoms with Crippen molar-refractivity contribution in [1.82, 2.24) is 10.2 Å². The molecule has 0 aromatic carbocycles. The Balaban J connectivity index is 1.57. The predicted molar refractivity (Wildman–Crippen MR) is 70.6 cm³/mol. The predicted octanol–water partition coefficient (Wildman–Crippen LogP) is -0.0157. The fourth-order valence-corrected chi connectivity index (χ4v) is 3.68. The van der Waals surface area contributed by atoms with Crippen LogP contribution >= 0.6 is 0 Å². The summed E-state index contributed by atoms with van der Waals surface area (Å²) in [5.74, 6) is 0.471. The van der Waals surface area contributed by atoms with Crippen molar-refractivity contribution in [3.8, 4) is 0 Å². The van der Waals surface area contributed by atoms with Crippen molar-refractivity contribution < 1.29 is 14.6 Å². The van der Waals surface area contributed by atoms with E-state index in [0.29, 0.717) is 6.61 Å². The van der Waals surface area contributed by atoms with Gasteiger partial charge >= 0.3 is 0 Å². The van der Waals surface area contributed by atoms with Crippen LogP contribution in [0.15, 0.2) is 0 Å². The van der Waals surface area contributed by atoms with Crippen molar-refractivity contribution in [3.63, 3.8) is 0 Å². The standard InChI is InChI=1S/C14H24N2O3/c1-2-19-12-7-11(17)14(12)3-5-16(6-4-14)13(18)10-8-15-9-10/h10-12,15,17H,2-9H2,1H3. The van der Waals surface area contributed by atoms with Crippen molar-refractivity contribution in [2.24, 2.45) is 11.3 Å². The summed E-state index contributed by atoms with van der Waals surface area (Å²) in [5.41, 5.74) is -0.0787. The van der Waals surface area contributed by atoms with E-state index in [1.165, 1.54) is 0 Å². The fourth-order valence-electron chi connectivity index (χ4n) is 3.68. The number of carbonyl (C=O) groups is 1. The molecule has 2 aliphatic heterocycles. The quantitative estimate of drug-likeness (QED) is 0.755. The molecule has 108 valence electrons. The second kappa shape index (κ2) is 5.04. The van der Waals surface area contributed by atoms with Crippen molar-refractivity contribution in [1.29, 1.82) is 0 Å². The number of piperidine rings is 1. The third kappa shape index (κ3) is 2.08. The van der Waals surface area contributed by atoms with Crippen molar-refractivity contribution in [2.75, 3.05) is 32.8 Å². The van der Waals surface area contributed by atoms with Gasteiger partial charge in [-0.3, -0.25) is 4.79 Å². The number of aliphatic hydroxyl groups is 1. The molecule has 2 saturated heterocycles. The van der Waals surface area contributed by atoms with Crippen LogP contribution in [0, 0.1) is 11.3 Å². The third-order valence-corrected chi connectivity index (χ3v) is 5.25. The zero-order valence-corrected chi connectivity index (χ0v) is 11.6. The number of ether oxygens (including phenoxy) is 1. The van der Waals surface area contributed by atoms with Gasteiger partial charge in [0.05, 0.1) is 18.1 Å². The molecule has 1 saturated carbocycles. The van der Waals surface area contributed by atoms with Crippen LogP contribution in [0.5, 0.6) is 0 Å². The minimum Gasteiger partial charge on any atom is -0.392 e. The first-order valence-electron chi connectivity index (χ1n) is 7.46. The van der Waals surface area contributed by atoms with Gasteiger partial charge in [-0.25, -0.2) is 0 Å². The summed E-state index contributed by atoms with van der Waals surface area (Å²) in [4.78, 5) is 14.2. The van der Waals surface area contributed by atoms with Crippen LogP contribution in [-0.2, 0) is 9.53 Å². The minimum absolute atomic E-state index is 0.0787. The molecule has 2 N–H and O–H groups in total. The monoisotopic (exact) mass is 268 g/mol. The Kier molecular flexibility index (Phi) is 3.53. The molecule has 2 atom stereocenters. The van der Waals surface area contributed by atoms with Gasteiger partial charge in [-0.2, -0.15) is 0 Å². The fraction of sp³-hybridized carbons (Fsp3) is 0.929. The molecule has 1 spiro atoms. The van der Waals surface area contributed by atoms with Crippen molar-refractivity contribution in [3.05, 3.63) is 0 Å². The van der Waals surface area contributed by atoms with Crippen LogP contribution in [0.4, 0.5) is 0 Å². The van der Waals surface area contributed by atoms with Gasteiger partial charge in [-0.15, -0.1) is 0 Å². The topological polar surface area (TPSA) is 61.8 Å². The summed E-state index contributed by atoms with van der Waals surface area (Å²) in [5, 5.41) is 13.3. The molecule has 0 aromatic rings. The largest absolute Gasteiger partial charge is 0.392 e. The van der Waals surface area contributed by atoms with Crippen LogP contribution in [0.3, 0.4) is 0 Å². The van der Waals surface area contributed by atoms with E-state index in [9.17, 15) is 9.90 Å². The zero-order chi connectivity index (χ0) is 13.5. The Morgan fingerprint density at radius 1 is 1.42 bits per heavy atom. The Morgan fingerprint density at radius 2 is 2.11 bits per heavy atom. The highest BCUT2D eigenvalue weighted by atomic mass is 16.5. The molecule has 3 aliphatic rings. The molecule has 5 nitrogen and oxygen atoms in total. The summed E-state index contributed by atoms with van der Waals surface area (Å²) < 4.78 is 5.74.